The molecule has 1 atom stereocenters. The molecule has 1 amide bonds. The van der Waals surface area contributed by atoms with Gasteiger partial charge in [-0.2, -0.15) is 18.6 Å². The monoisotopic (exact) mass is 401 g/mol. The summed E-state index contributed by atoms with van der Waals surface area (Å²) in [7, 11) is 0.772. The van der Waals surface area contributed by atoms with Gasteiger partial charge in [-0.05, 0) is 24.3 Å². The van der Waals surface area contributed by atoms with Crippen molar-refractivity contribution in [3.8, 4) is 0 Å². The number of hydrogen-bond donors (Lipinski definition) is 3. The van der Waals surface area contributed by atoms with Gasteiger partial charge >= 0.3 is 17.8 Å². The van der Waals surface area contributed by atoms with Crippen LogP contribution < -0.4 is 16.2 Å². The number of hydrogen-bond acceptors (Lipinski definition) is 5. The molecule has 2 aromatic carbocycles. The lowest BCUT2D eigenvalue weighted by atomic mass is 10.1. The topological polar surface area (TPSA) is 79.5 Å². The summed E-state index contributed by atoms with van der Waals surface area (Å²) in [5, 5.41) is 1.58. The number of halogens is 4. The van der Waals surface area contributed by atoms with Crippen LogP contribution in [0.25, 0.3) is 0 Å². The number of hydrazine groups is 1. The van der Waals surface area contributed by atoms with E-state index in [9.17, 15) is 22.8 Å². The summed E-state index contributed by atoms with van der Waals surface area (Å²) < 4.78 is 45.8. The lowest BCUT2D eigenvalue weighted by Gasteiger charge is -2.34. The average molecular weight is 402 g/mol. The maximum Gasteiger partial charge on any atom is 0.438 e. The Morgan fingerprint density at radius 1 is 1.00 bits per heavy atom. The summed E-state index contributed by atoms with van der Waals surface area (Å²) in [6, 6.07) is 13.2. The molecule has 2 aromatic rings. The van der Waals surface area contributed by atoms with Crippen molar-refractivity contribution in [3.63, 3.8) is 0 Å². The van der Waals surface area contributed by atoms with Crippen LogP contribution in [0.15, 0.2) is 54.6 Å². The smallest absolute Gasteiger partial charge is 0.438 e. The molecule has 27 heavy (non-hydrogen) atoms. The number of benzene rings is 2. The molecule has 0 aliphatic rings. The van der Waals surface area contributed by atoms with Gasteiger partial charge in [-0.15, -0.1) is 0 Å². The first kappa shape index (κ1) is 20.5. The molecule has 0 aliphatic heterocycles. The van der Waals surface area contributed by atoms with Gasteiger partial charge in [0.2, 0.25) is 0 Å². The normalized spacial score (nSPS) is 13.4. The van der Waals surface area contributed by atoms with Crippen molar-refractivity contribution in [2.24, 2.45) is 0 Å². The fourth-order valence-electron chi connectivity index (χ4n) is 2.11. The van der Waals surface area contributed by atoms with E-state index in [1.54, 1.807) is 23.5 Å². The number of methoxy groups -OCH3 is 1. The Morgan fingerprint density at radius 2 is 1.59 bits per heavy atom. The zero-order valence-corrected chi connectivity index (χ0v) is 14.7. The number of rotatable bonds is 6. The molecule has 0 fully saturated rings. The van der Waals surface area contributed by atoms with Gasteiger partial charge in [-0.1, -0.05) is 41.9 Å². The van der Waals surface area contributed by atoms with E-state index in [0.717, 1.165) is 7.11 Å². The summed E-state index contributed by atoms with van der Waals surface area (Å²) in [5.74, 6) is -2.98. The Balaban J connectivity index is 2.40. The molecule has 1 unspecified atom stereocenters. The van der Waals surface area contributed by atoms with Crippen molar-refractivity contribution in [2.75, 3.05) is 12.5 Å². The number of ether oxygens (including phenoxy) is 1. The highest BCUT2D eigenvalue weighted by Crippen LogP contribution is 2.30. The molecule has 3 N–H and O–H groups in total. The van der Waals surface area contributed by atoms with E-state index in [0.29, 0.717) is 0 Å². The molecule has 0 heterocycles. The molecule has 2 rings (SSSR count). The fourth-order valence-corrected chi connectivity index (χ4v) is 2.34. The van der Waals surface area contributed by atoms with Crippen LogP contribution in [0.4, 0.5) is 18.9 Å². The lowest BCUT2D eigenvalue weighted by molar-refractivity contribution is -0.215. The molecule has 0 saturated carbocycles. The SMILES string of the molecule is COC(=O)C(NNc1ccccc1)(NC(=O)c1ccccc1Cl)C(F)(F)F. The van der Waals surface area contributed by atoms with Crippen molar-refractivity contribution < 1.29 is 27.5 Å². The predicted molar refractivity (Wildman–Crippen MR) is 92.9 cm³/mol. The first-order chi connectivity index (χ1) is 12.7. The zero-order valence-electron chi connectivity index (χ0n) is 13.9. The van der Waals surface area contributed by atoms with Crippen LogP contribution in [0.2, 0.25) is 5.02 Å². The summed E-state index contributed by atoms with van der Waals surface area (Å²) in [5.41, 5.74) is 0.521. The standard InChI is InChI=1S/C17H15ClF3N3O3/c1-27-15(26)16(17(19,20)21,24-23-11-7-3-2-4-8-11)22-14(25)12-9-5-6-10-13(12)18/h2-10,23-24H,1H3,(H,22,25). The van der Waals surface area contributed by atoms with Crippen molar-refractivity contribution in [2.45, 2.75) is 11.8 Å². The summed E-state index contributed by atoms with van der Waals surface area (Å²) in [4.78, 5) is 24.4. The van der Waals surface area contributed by atoms with Gasteiger partial charge in [0.15, 0.2) is 0 Å². The Labute approximate surface area is 157 Å². The molecule has 0 aliphatic carbocycles. The molecular weight excluding hydrogens is 387 g/mol. The number of para-hydroxylation sites is 1. The number of alkyl halides is 3. The molecular formula is C17H15ClF3N3O3. The number of carbonyl (C=O) groups excluding carboxylic acids is 2. The maximum atomic E-state index is 13.8. The number of carbonyl (C=O) groups is 2. The molecule has 0 saturated heterocycles. The zero-order chi connectivity index (χ0) is 20.1. The number of nitrogens with one attached hydrogen (secondary N) is 3. The minimum absolute atomic E-state index is 0.0769. The van der Waals surface area contributed by atoms with Crippen LogP contribution in [0.5, 0.6) is 0 Å². The van der Waals surface area contributed by atoms with E-state index >= 15 is 0 Å². The number of amides is 1. The van der Waals surface area contributed by atoms with Crippen LogP contribution in [-0.4, -0.2) is 30.8 Å². The van der Waals surface area contributed by atoms with E-state index in [-0.39, 0.29) is 16.3 Å². The largest absolute Gasteiger partial charge is 0.466 e. The van der Waals surface area contributed by atoms with Crippen molar-refractivity contribution in [3.05, 3.63) is 65.2 Å². The average Bonchev–Trinajstić information content (AvgIpc) is 2.64. The van der Waals surface area contributed by atoms with Gasteiger partial charge in [-0.25, -0.2) is 4.79 Å². The van der Waals surface area contributed by atoms with E-state index in [1.165, 1.54) is 36.4 Å². The van der Waals surface area contributed by atoms with Gasteiger partial charge in [0.1, 0.15) is 0 Å². The molecule has 0 radical (unpaired) electrons. The minimum Gasteiger partial charge on any atom is -0.466 e. The first-order valence-corrected chi connectivity index (χ1v) is 7.89. The quantitative estimate of drug-likeness (QED) is 0.394. The second kappa shape index (κ2) is 8.28. The highest BCUT2D eigenvalue weighted by molar-refractivity contribution is 6.33. The Bertz CT molecular complexity index is 818. The van der Waals surface area contributed by atoms with Crippen LogP contribution in [0.3, 0.4) is 0 Å². The third-order valence-electron chi connectivity index (χ3n) is 3.50. The summed E-state index contributed by atoms with van der Waals surface area (Å²) in [6.45, 7) is 0. The van der Waals surface area contributed by atoms with Crippen LogP contribution in [-0.2, 0) is 9.53 Å². The van der Waals surface area contributed by atoms with Gasteiger partial charge in [0, 0.05) is 5.69 Å². The molecule has 0 spiro atoms. The van der Waals surface area contributed by atoms with Crippen molar-refractivity contribution in [1.82, 2.24) is 10.7 Å². The van der Waals surface area contributed by atoms with Crippen molar-refractivity contribution in [1.29, 1.82) is 0 Å². The molecule has 0 aromatic heterocycles. The Morgan fingerprint density at radius 3 is 2.15 bits per heavy atom. The second-order valence-corrected chi connectivity index (χ2v) is 5.70. The van der Waals surface area contributed by atoms with Gasteiger partial charge in [0.05, 0.1) is 17.7 Å². The van der Waals surface area contributed by atoms with Crippen LogP contribution in [0.1, 0.15) is 10.4 Å². The van der Waals surface area contributed by atoms with E-state index < -0.39 is 23.7 Å². The second-order valence-electron chi connectivity index (χ2n) is 5.29. The van der Waals surface area contributed by atoms with Gasteiger partial charge in [-0.3, -0.25) is 4.79 Å². The van der Waals surface area contributed by atoms with E-state index in [2.05, 4.69) is 10.2 Å². The molecule has 6 nitrogen and oxygen atoms in total. The number of esters is 1. The van der Waals surface area contributed by atoms with Crippen LogP contribution >= 0.6 is 11.6 Å². The van der Waals surface area contributed by atoms with E-state index in [4.69, 9.17) is 11.6 Å². The molecule has 0 bridgehead atoms. The highest BCUT2D eigenvalue weighted by Gasteiger charge is 2.63. The predicted octanol–water partition coefficient (Wildman–Crippen LogP) is 3.12. The van der Waals surface area contributed by atoms with Crippen LogP contribution in [0, 0.1) is 0 Å². The number of anilines is 1. The molecule has 10 heteroatoms. The first-order valence-electron chi connectivity index (χ1n) is 7.51. The Kier molecular flexibility index (Phi) is 6.29. The third-order valence-corrected chi connectivity index (χ3v) is 3.83. The fraction of sp³-hybridized carbons (Fsp3) is 0.176. The molecule has 144 valence electrons. The Hall–Kier alpha value is -2.78. The summed E-state index contributed by atoms with van der Waals surface area (Å²) >= 11 is 5.85. The summed E-state index contributed by atoms with van der Waals surface area (Å²) in [6.07, 6.45) is -5.25. The third kappa shape index (κ3) is 4.50. The maximum absolute atomic E-state index is 13.8. The highest BCUT2D eigenvalue weighted by atomic mass is 35.5. The minimum atomic E-state index is -5.25. The lowest BCUT2D eigenvalue weighted by Crippen LogP contribution is -2.73. The van der Waals surface area contributed by atoms with Gasteiger partial charge < -0.3 is 15.5 Å². The van der Waals surface area contributed by atoms with Gasteiger partial charge in [0.25, 0.3) is 5.91 Å². The van der Waals surface area contributed by atoms with Crippen molar-refractivity contribution >= 4 is 29.2 Å². The van der Waals surface area contributed by atoms with E-state index in [1.807, 2.05) is 5.43 Å².